The molecule has 12 heteroatoms. The number of benzene rings is 3. The van der Waals surface area contributed by atoms with Gasteiger partial charge in [0.25, 0.3) is 0 Å². The maximum Gasteiger partial charge on any atom is 0.515 e. The first-order valence-corrected chi connectivity index (χ1v) is 14.0. The largest absolute Gasteiger partial charge is 0.515 e. The van der Waals surface area contributed by atoms with Gasteiger partial charge >= 0.3 is 12.1 Å². The van der Waals surface area contributed by atoms with Gasteiger partial charge in [-0.25, -0.2) is 9.59 Å². The molecular weight excluding hydrogens is 562 g/mol. The molecule has 0 aliphatic carbocycles. The molecule has 0 unspecified atom stereocenters. The third kappa shape index (κ3) is 6.08. The van der Waals surface area contributed by atoms with Gasteiger partial charge < -0.3 is 33.4 Å². The van der Waals surface area contributed by atoms with E-state index in [9.17, 15) is 14.7 Å². The summed E-state index contributed by atoms with van der Waals surface area (Å²) in [6.45, 7) is 4.07. The number of carboxylic acid groups (broad SMARTS) is 1. The fourth-order valence-corrected chi connectivity index (χ4v) is 5.09. The molecule has 0 atom stereocenters. The monoisotopic (exact) mass is 591 g/mol. The normalized spacial score (nSPS) is 11.0. The number of aliphatic carboxylic acids is 1. The Morgan fingerprint density at radius 1 is 0.952 bits per heavy atom. The maximum absolute atomic E-state index is 12.8. The number of aromatic nitrogens is 3. The van der Waals surface area contributed by atoms with E-state index in [0.29, 0.717) is 41.2 Å². The van der Waals surface area contributed by atoms with Crippen molar-refractivity contribution in [2.45, 2.75) is 26.8 Å². The number of carboxylic acids is 1. The zero-order valence-electron chi connectivity index (χ0n) is 23.3. The van der Waals surface area contributed by atoms with E-state index >= 15 is 0 Å². The molecule has 218 valence electrons. The Bertz CT molecular complexity index is 1750. The molecule has 0 bridgehead atoms. The third-order valence-electron chi connectivity index (χ3n) is 6.37. The Balaban J connectivity index is 1.77. The third-order valence-corrected chi connectivity index (χ3v) is 6.93. The Hall–Kier alpha value is -4.84. The zero-order valence-corrected chi connectivity index (χ0v) is 24.1. The first kappa shape index (κ1) is 28.7. The van der Waals surface area contributed by atoms with Crippen molar-refractivity contribution in [2.75, 3.05) is 26.9 Å². The summed E-state index contributed by atoms with van der Waals surface area (Å²) in [5, 5.41) is 10.0. The van der Waals surface area contributed by atoms with Crippen LogP contribution in [0.25, 0.3) is 33.1 Å². The van der Waals surface area contributed by atoms with Crippen molar-refractivity contribution in [2.24, 2.45) is 0 Å². The number of fused-ring (bicyclic) bond motifs is 2. The predicted octanol–water partition coefficient (Wildman–Crippen LogP) is 6.16. The summed E-state index contributed by atoms with van der Waals surface area (Å²) in [7, 11) is 1.50. The van der Waals surface area contributed by atoms with Gasteiger partial charge in [-0.05, 0) is 61.4 Å². The number of carbonyl (C=O) groups excluding carboxylic acids is 1. The molecule has 3 aromatic carbocycles. The van der Waals surface area contributed by atoms with Crippen LogP contribution in [0.4, 0.5) is 4.79 Å². The average molecular weight is 592 g/mol. The van der Waals surface area contributed by atoms with Crippen LogP contribution in [0.15, 0.2) is 54.6 Å². The predicted molar refractivity (Wildman–Crippen MR) is 157 cm³/mol. The topological polar surface area (TPSA) is 131 Å². The smallest absolute Gasteiger partial charge is 0.497 e. The van der Waals surface area contributed by atoms with Gasteiger partial charge in [-0.15, -0.1) is 0 Å². The highest BCUT2D eigenvalue weighted by molar-refractivity contribution is 7.00. The molecule has 0 amide bonds. The van der Waals surface area contributed by atoms with Crippen molar-refractivity contribution in [3.63, 3.8) is 0 Å². The molecule has 0 aliphatic rings. The summed E-state index contributed by atoms with van der Waals surface area (Å²) in [6.07, 6.45) is -0.0612. The molecular formula is C30H29N3O8S. The van der Waals surface area contributed by atoms with Gasteiger partial charge in [0.15, 0.2) is 6.61 Å². The first-order valence-electron chi connectivity index (χ1n) is 13.3. The van der Waals surface area contributed by atoms with E-state index in [2.05, 4.69) is 8.75 Å². The van der Waals surface area contributed by atoms with Crippen molar-refractivity contribution in [3.8, 4) is 34.3 Å². The molecule has 0 fully saturated rings. The minimum atomic E-state index is -1.14. The number of ether oxygens (including phenoxy) is 5. The number of rotatable bonds is 12. The van der Waals surface area contributed by atoms with E-state index < -0.39 is 18.7 Å². The second-order valence-corrected chi connectivity index (χ2v) is 9.74. The van der Waals surface area contributed by atoms with E-state index in [4.69, 9.17) is 23.7 Å². The van der Waals surface area contributed by atoms with Gasteiger partial charge in [-0.3, -0.25) is 0 Å². The Kier molecular flexibility index (Phi) is 8.72. The number of hydrogen-bond acceptors (Lipinski definition) is 10. The van der Waals surface area contributed by atoms with Crippen LogP contribution >= 0.6 is 11.7 Å². The highest BCUT2D eigenvalue weighted by Crippen LogP contribution is 2.46. The quantitative estimate of drug-likeness (QED) is 0.168. The minimum Gasteiger partial charge on any atom is -0.497 e. The lowest BCUT2D eigenvalue weighted by Crippen LogP contribution is -2.14. The number of carbonyl (C=O) groups is 2. The van der Waals surface area contributed by atoms with Crippen LogP contribution in [0.5, 0.6) is 23.1 Å². The fourth-order valence-electron chi connectivity index (χ4n) is 4.57. The summed E-state index contributed by atoms with van der Waals surface area (Å²) < 4.78 is 38.6. The lowest BCUT2D eigenvalue weighted by Gasteiger charge is -2.15. The Labute approximate surface area is 245 Å². The molecule has 11 nitrogen and oxygen atoms in total. The lowest BCUT2D eigenvalue weighted by molar-refractivity contribution is -0.139. The van der Waals surface area contributed by atoms with E-state index in [0.717, 1.165) is 40.3 Å². The summed E-state index contributed by atoms with van der Waals surface area (Å²) in [5.74, 6) is 0.378. The van der Waals surface area contributed by atoms with Gasteiger partial charge in [0.2, 0.25) is 5.88 Å². The average Bonchev–Trinajstić information content (AvgIpc) is 3.57. The molecule has 0 radical (unpaired) electrons. The highest BCUT2D eigenvalue weighted by atomic mass is 32.1. The van der Waals surface area contributed by atoms with Crippen molar-refractivity contribution in [1.29, 1.82) is 0 Å². The minimum absolute atomic E-state index is 0.117. The number of nitrogens with zero attached hydrogens (tertiary/aromatic N) is 3. The Morgan fingerprint density at radius 2 is 1.76 bits per heavy atom. The molecule has 42 heavy (non-hydrogen) atoms. The van der Waals surface area contributed by atoms with E-state index in [-0.39, 0.29) is 18.2 Å². The molecule has 2 heterocycles. The zero-order chi connectivity index (χ0) is 29.6. The molecule has 2 aromatic heterocycles. The standard InChI is InChI=1S/C30H29N3O8S/c1-4-12-39-20-8-11-25-22(14-20)28(21-9-7-19(37-3)15-26(21)40-17-27(34)35)29(41-30(36)38-5-2)33(25)16-18-6-10-23-24(13-18)32-42-31-23/h6-11,13-15H,4-5,12,16-17H2,1-3H3,(H,34,35). The van der Waals surface area contributed by atoms with Crippen molar-refractivity contribution in [1.82, 2.24) is 13.3 Å². The second kappa shape index (κ2) is 12.8. The lowest BCUT2D eigenvalue weighted by atomic mass is 10.0. The molecule has 0 spiro atoms. The van der Waals surface area contributed by atoms with Gasteiger partial charge in [0.05, 0.1) is 49.7 Å². The maximum atomic E-state index is 12.8. The summed E-state index contributed by atoms with van der Waals surface area (Å²) in [4.78, 5) is 24.2. The van der Waals surface area contributed by atoms with Crippen LogP contribution in [0, 0.1) is 0 Å². The fraction of sp³-hybridized carbons (Fsp3) is 0.267. The summed E-state index contributed by atoms with van der Waals surface area (Å²) in [5.41, 5.74) is 4.18. The van der Waals surface area contributed by atoms with Crippen molar-refractivity contribution in [3.05, 3.63) is 60.2 Å². The van der Waals surface area contributed by atoms with Crippen molar-refractivity contribution >= 4 is 45.8 Å². The molecule has 0 saturated heterocycles. The van der Waals surface area contributed by atoms with Crippen LogP contribution in [-0.4, -0.2) is 57.5 Å². The van der Waals surface area contributed by atoms with Gasteiger partial charge in [0.1, 0.15) is 28.3 Å². The molecule has 5 aromatic rings. The summed E-state index contributed by atoms with van der Waals surface area (Å²) >= 11 is 1.14. The van der Waals surface area contributed by atoms with Crippen molar-refractivity contribution < 1.29 is 38.4 Å². The van der Waals surface area contributed by atoms with Crippen LogP contribution in [0.1, 0.15) is 25.8 Å². The van der Waals surface area contributed by atoms with Gasteiger partial charge in [-0.1, -0.05) is 13.0 Å². The first-order chi connectivity index (χ1) is 20.4. The molecule has 5 rings (SSSR count). The van der Waals surface area contributed by atoms with E-state index in [1.807, 2.05) is 47.9 Å². The van der Waals surface area contributed by atoms with Crippen LogP contribution < -0.4 is 18.9 Å². The van der Waals surface area contributed by atoms with Crippen LogP contribution in [0.3, 0.4) is 0 Å². The molecule has 0 saturated carbocycles. The van der Waals surface area contributed by atoms with E-state index in [1.54, 1.807) is 25.1 Å². The second-order valence-electron chi connectivity index (χ2n) is 9.21. The number of hydrogen-bond donors (Lipinski definition) is 1. The van der Waals surface area contributed by atoms with E-state index in [1.165, 1.54) is 7.11 Å². The SMILES string of the molecule is CCCOc1ccc2c(c1)c(-c1ccc(OC)cc1OCC(=O)O)c(OC(=O)OCC)n2Cc1ccc2nsnc2c1. The number of methoxy groups -OCH3 is 1. The Morgan fingerprint density at radius 3 is 2.52 bits per heavy atom. The van der Waals surface area contributed by atoms with Gasteiger partial charge in [-0.2, -0.15) is 8.75 Å². The van der Waals surface area contributed by atoms with Crippen LogP contribution in [-0.2, 0) is 16.1 Å². The summed E-state index contributed by atoms with van der Waals surface area (Å²) in [6, 6.07) is 16.4. The van der Waals surface area contributed by atoms with Gasteiger partial charge in [0, 0.05) is 17.0 Å². The molecule has 0 aliphatic heterocycles. The van der Waals surface area contributed by atoms with Crippen LogP contribution in [0.2, 0.25) is 0 Å². The highest BCUT2D eigenvalue weighted by Gasteiger charge is 2.26. The molecule has 1 N–H and O–H groups in total.